The van der Waals surface area contributed by atoms with E-state index in [1.807, 2.05) is 6.07 Å². The van der Waals surface area contributed by atoms with Gasteiger partial charge in [-0.15, -0.1) is 5.10 Å². The Hall–Kier alpha value is -1.16. The molecule has 2 rings (SSSR count). The molecule has 0 aromatic carbocycles. The Labute approximate surface area is 64.8 Å². The van der Waals surface area contributed by atoms with Gasteiger partial charge in [0.2, 0.25) is 0 Å². The quantitative estimate of drug-likeness (QED) is 0.533. The number of hydrogen-bond donors (Lipinski definition) is 2. The highest BCUT2D eigenvalue weighted by Gasteiger charge is 2.09. The number of nitrogens with two attached hydrogens (primary N) is 1. The van der Waals surface area contributed by atoms with Crippen LogP contribution in [0.1, 0.15) is 11.3 Å². The molecule has 0 radical (unpaired) electrons. The second kappa shape index (κ2) is 2.47. The topological polar surface area (TPSA) is 63.8 Å². The number of anilines is 1. The summed E-state index contributed by atoms with van der Waals surface area (Å²) in [5, 5.41) is 11.0. The lowest BCUT2D eigenvalue weighted by molar-refractivity contribution is 0.621. The Morgan fingerprint density at radius 1 is 1.45 bits per heavy atom. The molecular formula is C7H10N4. The van der Waals surface area contributed by atoms with E-state index in [-0.39, 0.29) is 0 Å². The first-order valence-corrected chi connectivity index (χ1v) is 3.68. The van der Waals surface area contributed by atoms with Crippen LogP contribution in [-0.4, -0.2) is 16.7 Å². The van der Waals surface area contributed by atoms with E-state index in [0.717, 1.165) is 25.2 Å². The van der Waals surface area contributed by atoms with Gasteiger partial charge in [-0.25, -0.2) is 0 Å². The number of aromatic nitrogens is 2. The van der Waals surface area contributed by atoms with Gasteiger partial charge in [-0.05, 0) is 11.6 Å². The number of nitrogens with one attached hydrogen (secondary N) is 1. The van der Waals surface area contributed by atoms with E-state index >= 15 is 0 Å². The predicted molar refractivity (Wildman–Crippen MR) is 41.9 cm³/mol. The number of hydrogen-bond acceptors (Lipinski definition) is 4. The zero-order valence-corrected chi connectivity index (χ0v) is 6.17. The number of nitrogens with zero attached hydrogens (tertiary/aromatic N) is 2. The molecule has 1 aliphatic heterocycles. The summed E-state index contributed by atoms with van der Waals surface area (Å²) in [6, 6.07) is 1.88. The average molecular weight is 150 g/mol. The normalized spacial score (nSPS) is 16.0. The fourth-order valence-electron chi connectivity index (χ4n) is 1.27. The van der Waals surface area contributed by atoms with Crippen molar-refractivity contribution in [2.24, 2.45) is 0 Å². The Morgan fingerprint density at radius 3 is 3.27 bits per heavy atom. The highest BCUT2D eigenvalue weighted by Crippen LogP contribution is 2.11. The average Bonchev–Trinajstić information content (AvgIpc) is 2.04. The molecule has 1 aromatic heterocycles. The molecule has 3 N–H and O–H groups in total. The van der Waals surface area contributed by atoms with Crippen LogP contribution in [-0.2, 0) is 13.0 Å². The summed E-state index contributed by atoms with van der Waals surface area (Å²) in [5.74, 6) is 0.507. The van der Waals surface area contributed by atoms with E-state index in [9.17, 15) is 0 Å². The summed E-state index contributed by atoms with van der Waals surface area (Å²) in [6.07, 6.45) is 0.961. The fourth-order valence-corrected chi connectivity index (χ4v) is 1.27. The number of nitrogen functional groups attached to an aromatic ring is 1. The summed E-state index contributed by atoms with van der Waals surface area (Å²) in [4.78, 5) is 0. The zero-order chi connectivity index (χ0) is 7.68. The van der Waals surface area contributed by atoms with E-state index in [1.54, 1.807) is 0 Å². The van der Waals surface area contributed by atoms with Crippen LogP contribution in [0.5, 0.6) is 0 Å². The van der Waals surface area contributed by atoms with E-state index in [0.29, 0.717) is 5.82 Å². The largest absolute Gasteiger partial charge is 0.382 e. The van der Waals surface area contributed by atoms with Crippen molar-refractivity contribution in [3.05, 3.63) is 17.3 Å². The van der Waals surface area contributed by atoms with E-state index in [4.69, 9.17) is 5.73 Å². The molecule has 0 fully saturated rings. The maximum Gasteiger partial charge on any atom is 0.146 e. The Kier molecular flexibility index (Phi) is 1.47. The van der Waals surface area contributed by atoms with Gasteiger partial charge < -0.3 is 11.1 Å². The maximum absolute atomic E-state index is 5.48. The molecule has 0 atom stereocenters. The van der Waals surface area contributed by atoms with E-state index in [2.05, 4.69) is 15.5 Å². The second-order valence-corrected chi connectivity index (χ2v) is 2.67. The van der Waals surface area contributed by atoms with Crippen LogP contribution in [0, 0.1) is 0 Å². The summed E-state index contributed by atoms with van der Waals surface area (Å²) in [6.45, 7) is 1.86. The standard InChI is InChI=1S/C7H10N4/c8-7-3-5-4-9-2-1-6(5)10-11-7/h3,9H,1-2,4H2,(H2,8,11). The van der Waals surface area contributed by atoms with Crippen LogP contribution in [0.3, 0.4) is 0 Å². The lowest BCUT2D eigenvalue weighted by Gasteiger charge is -2.14. The fraction of sp³-hybridized carbons (Fsp3) is 0.429. The van der Waals surface area contributed by atoms with Crippen molar-refractivity contribution in [1.29, 1.82) is 0 Å². The molecule has 1 aromatic rings. The first kappa shape index (κ1) is 6.54. The molecule has 2 heterocycles. The molecule has 0 saturated heterocycles. The molecule has 4 nitrogen and oxygen atoms in total. The number of rotatable bonds is 0. The molecule has 0 unspecified atom stereocenters. The molecule has 0 spiro atoms. The lowest BCUT2D eigenvalue weighted by atomic mass is 10.1. The van der Waals surface area contributed by atoms with Crippen LogP contribution in [0.25, 0.3) is 0 Å². The molecule has 0 bridgehead atoms. The molecule has 0 aliphatic carbocycles. The molecular weight excluding hydrogens is 140 g/mol. The van der Waals surface area contributed by atoms with Gasteiger partial charge in [-0.3, -0.25) is 0 Å². The highest BCUT2D eigenvalue weighted by molar-refractivity contribution is 5.34. The summed E-state index contributed by atoms with van der Waals surface area (Å²) in [5.41, 5.74) is 7.75. The zero-order valence-electron chi connectivity index (χ0n) is 6.17. The van der Waals surface area contributed by atoms with Crippen molar-refractivity contribution in [3.8, 4) is 0 Å². The molecule has 58 valence electrons. The minimum absolute atomic E-state index is 0.507. The molecule has 4 heteroatoms. The predicted octanol–water partition coefficient (Wildman–Crippen LogP) is -0.296. The van der Waals surface area contributed by atoms with E-state index < -0.39 is 0 Å². The van der Waals surface area contributed by atoms with Crippen LogP contribution in [0.2, 0.25) is 0 Å². The van der Waals surface area contributed by atoms with Crippen LogP contribution in [0.4, 0.5) is 5.82 Å². The van der Waals surface area contributed by atoms with Crippen molar-refractivity contribution in [2.75, 3.05) is 12.3 Å². The van der Waals surface area contributed by atoms with Crippen LogP contribution >= 0.6 is 0 Å². The van der Waals surface area contributed by atoms with Crippen LogP contribution in [0.15, 0.2) is 6.07 Å². The van der Waals surface area contributed by atoms with Gasteiger partial charge >= 0.3 is 0 Å². The molecule has 0 saturated carbocycles. The van der Waals surface area contributed by atoms with Gasteiger partial charge in [0, 0.05) is 19.5 Å². The second-order valence-electron chi connectivity index (χ2n) is 2.67. The van der Waals surface area contributed by atoms with Gasteiger partial charge in [-0.2, -0.15) is 5.10 Å². The lowest BCUT2D eigenvalue weighted by Crippen LogP contribution is -2.25. The maximum atomic E-state index is 5.48. The summed E-state index contributed by atoms with van der Waals surface area (Å²) < 4.78 is 0. The van der Waals surface area contributed by atoms with Crippen LogP contribution < -0.4 is 11.1 Å². The minimum Gasteiger partial charge on any atom is -0.382 e. The third-order valence-electron chi connectivity index (χ3n) is 1.83. The van der Waals surface area contributed by atoms with E-state index in [1.165, 1.54) is 5.56 Å². The minimum atomic E-state index is 0.507. The molecule has 0 amide bonds. The third kappa shape index (κ3) is 1.17. The van der Waals surface area contributed by atoms with Gasteiger partial charge in [0.05, 0.1) is 5.69 Å². The smallest absolute Gasteiger partial charge is 0.146 e. The first-order chi connectivity index (χ1) is 5.36. The first-order valence-electron chi connectivity index (χ1n) is 3.68. The monoisotopic (exact) mass is 150 g/mol. The third-order valence-corrected chi connectivity index (χ3v) is 1.83. The van der Waals surface area contributed by atoms with Crippen molar-refractivity contribution < 1.29 is 0 Å². The van der Waals surface area contributed by atoms with Crippen molar-refractivity contribution >= 4 is 5.82 Å². The highest BCUT2D eigenvalue weighted by atomic mass is 15.1. The van der Waals surface area contributed by atoms with Gasteiger partial charge in [0.15, 0.2) is 0 Å². The Balaban J connectivity index is 2.43. The van der Waals surface area contributed by atoms with Gasteiger partial charge in [0.1, 0.15) is 5.82 Å². The van der Waals surface area contributed by atoms with Gasteiger partial charge in [-0.1, -0.05) is 0 Å². The molecule has 11 heavy (non-hydrogen) atoms. The summed E-state index contributed by atoms with van der Waals surface area (Å²) >= 11 is 0. The Morgan fingerprint density at radius 2 is 2.36 bits per heavy atom. The van der Waals surface area contributed by atoms with Crippen molar-refractivity contribution in [1.82, 2.24) is 15.5 Å². The SMILES string of the molecule is Nc1cc2c(nn1)CCNC2. The molecule has 1 aliphatic rings. The van der Waals surface area contributed by atoms with Crippen molar-refractivity contribution in [2.45, 2.75) is 13.0 Å². The van der Waals surface area contributed by atoms with Gasteiger partial charge in [0.25, 0.3) is 0 Å². The van der Waals surface area contributed by atoms with Crippen molar-refractivity contribution in [3.63, 3.8) is 0 Å². The summed E-state index contributed by atoms with van der Waals surface area (Å²) in [7, 11) is 0. The number of fused-ring (bicyclic) bond motifs is 1. The Bertz CT molecular complexity index is 271.